The fourth-order valence-corrected chi connectivity index (χ4v) is 3.18. The summed E-state index contributed by atoms with van der Waals surface area (Å²) in [5.41, 5.74) is 1.61. The molecule has 0 bridgehead atoms. The Morgan fingerprint density at radius 2 is 2.26 bits per heavy atom. The highest BCUT2D eigenvalue weighted by Gasteiger charge is 2.22. The lowest BCUT2D eigenvalue weighted by molar-refractivity contribution is -0.118. The van der Waals surface area contributed by atoms with Crippen molar-refractivity contribution in [2.24, 2.45) is 0 Å². The Morgan fingerprint density at radius 3 is 3.00 bits per heavy atom. The lowest BCUT2D eigenvalue weighted by Crippen LogP contribution is -2.51. The Kier molecular flexibility index (Phi) is 4.93. The molecule has 0 aliphatic carbocycles. The maximum Gasteiger partial charge on any atom is 0.238 e. The van der Waals surface area contributed by atoms with Crippen LogP contribution in [0.15, 0.2) is 24.3 Å². The van der Waals surface area contributed by atoms with Crippen molar-refractivity contribution in [2.75, 3.05) is 42.9 Å². The Morgan fingerprint density at radius 1 is 1.39 bits per heavy atom. The molecule has 2 saturated heterocycles. The van der Waals surface area contributed by atoms with E-state index >= 15 is 0 Å². The molecule has 124 valence electrons. The van der Waals surface area contributed by atoms with E-state index in [-0.39, 0.29) is 11.8 Å². The summed E-state index contributed by atoms with van der Waals surface area (Å²) >= 11 is 0. The van der Waals surface area contributed by atoms with Crippen molar-refractivity contribution in [3.05, 3.63) is 24.3 Å². The van der Waals surface area contributed by atoms with Gasteiger partial charge in [-0.25, -0.2) is 0 Å². The maximum absolute atomic E-state index is 12.3. The van der Waals surface area contributed by atoms with Gasteiger partial charge < -0.3 is 15.5 Å². The lowest BCUT2D eigenvalue weighted by Gasteiger charge is -2.33. The van der Waals surface area contributed by atoms with Crippen molar-refractivity contribution in [3.63, 3.8) is 0 Å². The van der Waals surface area contributed by atoms with Gasteiger partial charge in [0.15, 0.2) is 0 Å². The van der Waals surface area contributed by atoms with E-state index in [1.165, 1.54) is 0 Å². The van der Waals surface area contributed by atoms with E-state index in [1.807, 2.05) is 24.3 Å². The Labute approximate surface area is 136 Å². The van der Waals surface area contributed by atoms with Crippen LogP contribution in [0.5, 0.6) is 0 Å². The number of rotatable bonds is 4. The molecule has 0 aromatic heterocycles. The summed E-state index contributed by atoms with van der Waals surface area (Å²) < 4.78 is 0. The third kappa shape index (κ3) is 3.89. The number of carbonyl (C=O) groups excluding carboxylic acids is 2. The normalized spacial score (nSPS) is 22.4. The molecule has 2 heterocycles. The molecule has 1 atom stereocenters. The lowest BCUT2D eigenvalue weighted by atomic mass is 10.2. The fraction of sp³-hybridized carbons (Fsp3) is 0.529. The third-order valence-corrected chi connectivity index (χ3v) is 4.50. The first-order chi connectivity index (χ1) is 11.1. The molecule has 1 aromatic carbocycles. The molecular formula is C17H24N4O2. The minimum atomic E-state index is -0.0105. The van der Waals surface area contributed by atoms with Crippen LogP contribution in [0.2, 0.25) is 0 Å². The molecule has 2 fully saturated rings. The molecular weight excluding hydrogens is 292 g/mol. The smallest absolute Gasteiger partial charge is 0.238 e. The first-order valence-corrected chi connectivity index (χ1v) is 8.28. The highest BCUT2D eigenvalue weighted by Crippen LogP contribution is 2.24. The van der Waals surface area contributed by atoms with Gasteiger partial charge in [-0.05, 0) is 31.5 Å². The number of hydrogen-bond acceptors (Lipinski definition) is 4. The molecule has 0 spiro atoms. The Bertz CT molecular complexity index is 590. The first kappa shape index (κ1) is 16.0. The molecule has 2 aliphatic heterocycles. The van der Waals surface area contributed by atoms with Gasteiger partial charge >= 0.3 is 0 Å². The number of amides is 2. The Hall–Kier alpha value is -1.92. The second-order valence-corrected chi connectivity index (χ2v) is 6.27. The number of nitrogens with one attached hydrogen (secondary N) is 2. The van der Waals surface area contributed by atoms with Gasteiger partial charge in [-0.1, -0.05) is 6.07 Å². The van der Waals surface area contributed by atoms with Crippen LogP contribution in [0.25, 0.3) is 0 Å². The molecule has 6 heteroatoms. The van der Waals surface area contributed by atoms with Crippen molar-refractivity contribution in [1.82, 2.24) is 10.2 Å². The maximum atomic E-state index is 12.3. The average Bonchev–Trinajstić information content (AvgIpc) is 2.96. The topological polar surface area (TPSA) is 64.7 Å². The quantitative estimate of drug-likeness (QED) is 0.871. The zero-order chi connectivity index (χ0) is 16.2. The summed E-state index contributed by atoms with van der Waals surface area (Å²) in [6.45, 7) is 6.00. The van der Waals surface area contributed by atoms with Crippen molar-refractivity contribution in [3.8, 4) is 0 Å². The molecule has 6 nitrogen and oxygen atoms in total. The standard InChI is InChI=1S/C17H24N4O2/c1-13-11-18-7-9-20(13)12-16(22)19-14-4-2-5-15(10-14)21-8-3-6-17(21)23/h2,4-5,10,13,18H,3,6-9,11-12H2,1H3,(H,19,22)/t13-/m0/s1. The largest absolute Gasteiger partial charge is 0.325 e. The van der Waals surface area contributed by atoms with Gasteiger partial charge in [-0.2, -0.15) is 0 Å². The van der Waals surface area contributed by atoms with Crippen molar-refractivity contribution in [2.45, 2.75) is 25.8 Å². The van der Waals surface area contributed by atoms with Crippen molar-refractivity contribution < 1.29 is 9.59 Å². The van der Waals surface area contributed by atoms with Gasteiger partial charge in [0.1, 0.15) is 0 Å². The zero-order valence-electron chi connectivity index (χ0n) is 13.5. The van der Waals surface area contributed by atoms with E-state index in [2.05, 4.69) is 22.5 Å². The summed E-state index contributed by atoms with van der Waals surface area (Å²) in [5.74, 6) is 0.145. The summed E-state index contributed by atoms with van der Waals surface area (Å²) in [4.78, 5) is 28.1. The van der Waals surface area contributed by atoms with Crippen LogP contribution >= 0.6 is 0 Å². The zero-order valence-corrected chi connectivity index (χ0v) is 13.5. The summed E-state index contributed by atoms with van der Waals surface area (Å²) in [6.07, 6.45) is 1.51. The van der Waals surface area contributed by atoms with Gasteiger partial charge in [0.2, 0.25) is 11.8 Å². The predicted octanol–water partition coefficient (Wildman–Crippen LogP) is 1.05. The third-order valence-electron chi connectivity index (χ3n) is 4.50. The number of carbonyl (C=O) groups is 2. The molecule has 2 amide bonds. The highest BCUT2D eigenvalue weighted by atomic mass is 16.2. The van der Waals surface area contributed by atoms with E-state index in [1.54, 1.807) is 4.90 Å². The van der Waals surface area contributed by atoms with Crippen LogP contribution in [0.1, 0.15) is 19.8 Å². The van der Waals surface area contributed by atoms with Gasteiger partial charge in [0.25, 0.3) is 0 Å². The average molecular weight is 316 g/mol. The van der Waals surface area contributed by atoms with E-state index in [9.17, 15) is 9.59 Å². The van der Waals surface area contributed by atoms with Crippen LogP contribution in [0.3, 0.4) is 0 Å². The monoisotopic (exact) mass is 316 g/mol. The molecule has 3 rings (SSSR count). The molecule has 1 aromatic rings. The number of benzene rings is 1. The van der Waals surface area contributed by atoms with E-state index < -0.39 is 0 Å². The highest BCUT2D eigenvalue weighted by molar-refractivity contribution is 5.97. The van der Waals surface area contributed by atoms with Crippen LogP contribution in [0.4, 0.5) is 11.4 Å². The van der Waals surface area contributed by atoms with Gasteiger partial charge in [-0.15, -0.1) is 0 Å². The van der Waals surface area contributed by atoms with Gasteiger partial charge in [-0.3, -0.25) is 14.5 Å². The number of anilines is 2. The SMILES string of the molecule is C[C@H]1CNCCN1CC(=O)Nc1cccc(N2CCCC2=O)c1. The van der Waals surface area contributed by atoms with Crippen molar-refractivity contribution in [1.29, 1.82) is 0 Å². The van der Waals surface area contributed by atoms with E-state index in [0.29, 0.717) is 19.0 Å². The minimum Gasteiger partial charge on any atom is -0.325 e. The van der Waals surface area contributed by atoms with Crippen molar-refractivity contribution >= 4 is 23.2 Å². The van der Waals surface area contributed by atoms with Crippen LogP contribution in [-0.2, 0) is 9.59 Å². The predicted molar refractivity (Wildman–Crippen MR) is 90.6 cm³/mol. The first-order valence-electron chi connectivity index (χ1n) is 8.28. The number of hydrogen-bond donors (Lipinski definition) is 2. The molecule has 0 saturated carbocycles. The molecule has 23 heavy (non-hydrogen) atoms. The van der Waals surface area contributed by atoms with Crippen LogP contribution < -0.4 is 15.5 Å². The molecule has 0 unspecified atom stereocenters. The second-order valence-electron chi connectivity index (χ2n) is 6.27. The molecule has 0 radical (unpaired) electrons. The number of nitrogens with zero attached hydrogens (tertiary/aromatic N) is 2. The summed E-state index contributed by atoms with van der Waals surface area (Å²) in [5, 5.41) is 6.27. The van der Waals surface area contributed by atoms with E-state index in [4.69, 9.17) is 0 Å². The summed E-state index contributed by atoms with van der Waals surface area (Å²) in [7, 11) is 0. The van der Waals surface area contributed by atoms with E-state index in [0.717, 1.165) is 44.0 Å². The fourth-order valence-electron chi connectivity index (χ4n) is 3.18. The van der Waals surface area contributed by atoms with Gasteiger partial charge in [0, 0.05) is 50.0 Å². The number of piperazine rings is 1. The van der Waals surface area contributed by atoms with Gasteiger partial charge in [0.05, 0.1) is 6.54 Å². The second kappa shape index (κ2) is 7.10. The minimum absolute atomic E-state index is 0.0105. The van der Waals surface area contributed by atoms with Crippen LogP contribution in [0, 0.1) is 0 Å². The molecule has 2 aliphatic rings. The summed E-state index contributed by atoms with van der Waals surface area (Å²) in [6, 6.07) is 7.90. The Balaban J connectivity index is 1.61. The van der Waals surface area contributed by atoms with Crippen LogP contribution in [-0.4, -0.2) is 55.5 Å². The molecule has 2 N–H and O–H groups in total.